The molecular formula is C22H20ClF6NO5S. The third-order valence-electron chi connectivity index (χ3n) is 5.60. The first-order valence-corrected chi connectivity index (χ1v) is 12.5. The summed E-state index contributed by atoms with van der Waals surface area (Å²) in [6, 6.07) is 4.74. The van der Waals surface area contributed by atoms with Crippen molar-refractivity contribution >= 4 is 27.3 Å². The second-order valence-corrected chi connectivity index (χ2v) is 10.6. The molecule has 0 spiro atoms. The molecule has 6 nitrogen and oxygen atoms in total. The number of hydrogen-bond donors (Lipinski definition) is 0. The van der Waals surface area contributed by atoms with Crippen molar-refractivity contribution in [1.82, 2.24) is 4.90 Å². The molecule has 1 amide bonds. The summed E-state index contributed by atoms with van der Waals surface area (Å²) in [6.45, 7) is 0.645. The van der Waals surface area contributed by atoms with Crippen LogP contribution in [-0.2, 0) is 16.0 Å². The normalized spacial score (nSPS) is 15.9. The standard InChI is InChI=1S/C22H20ClF6NO5S/c1-11(21(24,25)26)35-16-6-7-17(36(3,32)33)19(34-2)18(16)20(31)30-9-12(10-30)14-5-4-13(8-15(14)23)22(27,28)29/h4-8,11-12H,9-10H2,1-3H3/t11-/m0/s1. The van der Waals surface area contributed by atoms with Crippen molar-refractivity contribution < 1.29 is 49.0 Å². The van der Waals surface area contributed by atoms with E-state index in [0.29, 0.717) is 5.56 Å². The third-order valence-corrected chi connectivity index (χ3v) is 7.05. The molecule has 1 atom stereocenters. The fourth-order valence-corrected chi connectivity index (χ4v) is 4.80. The van der Waals surface area contributed by atoms with E-state index in [-0.39, 0.29) is 18.1 Å². The van der Waals surface area contributed by atoms with Gasteiger partial charge in [0.05, 0.1) is 12.7 Å². The maximum absolute atomic E-state index is 13.3. The minimum absolute atomic E-state index is 0.0373. The maximum Gasteiger partial charge on any atom is 0.425 e. The van der Waals surface area contributed by atoms with E-state index in [1.54, 1.807) is 0 Å². The summed E-state index contributed by atoms with van der Waals surface area (Å²) in [4.78, 5) is 14.0. The van der Waals surface area contributed by atoms with Crippen LogP contribution in [0.2, 0.25) is 5.02 Å². The molecular weight excluding hydrogens is 540 g/mol. The van der Waals surface area contributed by atoms with E-state index in [4.69, 9.17) is 21.1 Å². The van der Waals surface area contributed by atoms with Gasteiger partial charge < -0.3 is 14.4 Å². The number of alkyl halides is 6. The highest BCUT2D eigenvalue weighted by atomic mass is 35.5. The molecule has 0 saturated carbocycles. The Kier molecular flexibility index (Phi) is 7.49. The van der Waals surface area contributed by atoms with Crippen molar-refractivity contribution in [2.45, 2.75) is 36.2 Å². The number of hydrogen-bond acceptors (Lipinski definition) is 5. The zero-order valence-corrected chi connectivity index (χ0v) is 20.6. The van der Waals surface area contributed by atoms with Crippen LogP contribution >= 0.6 is 11.6 Å². The minimum Gasteiger partial charge on any atom is -0.494 e. The molecule has 198 valence electrons. The Morgan fingerprint density at radius 3 is 2.19 bits per heavy atom. The molecule has 1 aliphatic heterocycles. The minimum atomic E-state index is -4.77. The Morgan fingerprint density at radius 2 is 1.72 bits per heavy atom. The number of ether oxygens (including phenoxy) is 2. The van der Waals surface area contributed by atoms with E-state index in [1.807, 2.05) is 0 Å². The molecule has 0 N–H and O–H groups in total. The molecule has 0 bridgehead atoms. The highest BCUT2D eigenvalue weighted by Gasteiger charge is 2.41. The van der Waals surface area contributed by atoms with Crippen LogP contribution in [0.1, 0.15) is 34.3 Å². The molecule has 0 unspecified atom stereocenters. The predicted molar refractivity (Wildman–Crippen MR) is 117 cm³/mol. The summed E-state index contributed by atoms with van der Waals surface area (Å²) >= 11 is 6.01. The first-order chi connectivity index (χ1) is 16.4. The number of likely N-dealkylation sites (tertiary alicyclic amines) is 1. The lowest BCUT2D eigenvalue weighted by atomic mass is 9.90. The zero-order valence-electron chi connectivity index (χ0n) is 19.0. The van der Waals surface area contributed by atoms with Crippen molar-refractivity contribution in [3.8, 4) is 11.5 Å². The van der Waals surface area contributed by atoms with Gasteiger partial charge in [0.2, 0.25) is 0 Å². The second-order valence-electron chi connectivity index (χ2n) is 8.19. The number of nitrogens with zero attached hydrogens (tertiary/aromatic N) is 1. The van der Waals surface area contributed by atoms with Gasteiger partial charge in [-0.15, -0.1) is 0 Å². The molecule has 2 aromatic rings. The Hall–Kier alpha value is -2.67. The number of amides is 1. The van der Waals surface area contributed by atoms with Gasteiger partial charge in [-0.3, -0.25) is 4.79 Å². The number of carbonyl (C=O) groups excluding carboxylic acids is 1. The number of benzene rings is 2. The van der Waals surface area contributed by atoms with Crippen LogP contribution in [0, 0.1) is 0 Å². The summed E-state index contributed by atoms with van der Waals surface area (Å²) in [7, 11) is -2.89. The molecule has 1 aliphatic rings. The van der Waals surface area contributed by atoms with Crippen LogP contribution in [0.3, 0.4) is 0 Å². The Morgan fingerprint density at radius 1 is 1.11 bits per heavy atom. The van der Waals surface area contributed by atoms with Crippen LogP contribution in [0.4, 0.5) is 26.3 Å². The number of rotatable bonds is 6. The van der Waals surface area contributed by atoms with Crippen LogP contribution in [0.25, 0.3) is 0 Å². The molecule has 0 aliphatic carbocycles. The average molecular weight is 560 g/mol. The van der Waals surface area contributed by atoms with Crippen LogP contribution in [0.15, 0.2) is 35.2 Å². The fraction of sp³-hybridized carbons (Fsp3) is 0.409. The number of methoxy groups -OCH3 is 1. The Bertz CT molecular complexity index is 1270. The number of carbonyl (C=O) groups is 1. The molecule has 0 aromatic heterocycles. The van der Waals surface area contributed by atoms with Gasteiger partial charge in [0.25, 0.3) is 5.91 Å². The van der Waals surface area contributed by atoms with Gasteiger partial charge in [0, 0.05) is 30.3 Å². The lowest BCUT2D eigenvalue weighted by Crippen LogP contribution is -2.48. The Balaban J connectivity index is 1.94. The van der Waals surface area contributed by atoms with Crippen molar-refractivity contribution in [2.75, 3.05) is 26.5 Å². The van der Waals surface area contributed by atoms with E-state index in [2.05, 4.69) is 0 Å². The van der Waals surface area contributed by atoms with Gasteiger partial charge in [-0.1, -0.05) is 17.7 Å². The summed E-state index contributed by atoms with van der Waals surface area (Å²) in [5, 5.41) is -0.151. The molecule has 3 rings (SSSR count). The van der Waals surface area contributed by atoms with Gasteiger partial charge in [-0.05, 0) is 36.8 Å². The summed E-state index contributed by atoms with van der Waals surface area (Å²) < 4.78 is 112. The van der Waals surface area contributed by atoms with Crippen molar-refractivity contribution in [3.05, 3.63) is 52.0 Å². The van der Waals surface area contributed by atoms with Crippen LogP contribution < -0.4 is 9.47 Å². The van der Waals surface area contributed by atoms with Crippen LogP contribution in [0.5, 0.6) is 11.5 Å². The van der Waals surface area contributed by atoms with E-state index in [1.165, 1.54) is 11.0 Å². The maximum atomic E-state index is 13.3. The number of sulfone groups is 1. The summed E-state index contributed by atoms with van der Waals surface area (Å²) in [5.41, 5.74) is -1.10. The van der Waals surface area contributed by atoms with Crippen molar-refractivity contribution in [1.29, 1.82) is 0 Å². The Labute approximate surface area is 207 Å². The van der Waals surface area contributed by atoms with Crippen LogP contribution in [-0.4, -0.2) is 58.0 Å². The highest BCUT2D eigenvalue weighted by molar-refractivity contribution is 7.90. The first kappa shape index (κ1) is 27.9. The largest absolute Gasteiger partial charge is 0.494 e. The predicted octanol–water partition coefficient (Wildman–Crippen LogP) is 5.34. The smallest absolute Gasteiger partial charge is 0.425 e. The monoisotopic (exact) mass is 559 g/mol. The first-order valence-electron chi connectivity index (χ1n) is 10.3. The molecule has 2 aromatic carbocycles. The molecule has 14 heteroatoms. The lowest BCUT2D eigenvalue weighted by Gasteiger charge is -2.40. The zero-order chi connectivity index (χ0) is 27.2. The third kappa shape index (κ3) is 5.66. The molecule has 36 heavy (non-hydrogen) atoms. The molecule has 1 saturated heterocycles. The van der Waals surface area contributed by atoms with Gasteiger partial charge in [0.15, 0.2) is 21.7 Å². The van der Waals surface area contributed by atoms with Crippen molar-refractivity contribution in [2.24, 2.45) is 0 Å². The van der Waals surface area contributed by atoms with E-state index >= 15 is 0 Å². The SMILES string of the molecule is COc1c(S(C)(=O)=O)ccc(O[C@@H](C)C(F)(F)F)c1C(=O)N1CC(c2ccc(C(F)(F)F)cc2Cl)C1. The molecule has 1 fully saturated rings. The van der Waals surface area contributed by atoms with Gasteiger partial charge >= 0.3 is 12.4 Å². The average Bonchev–Trinajstić information content (AvgIpc) is 2.70. The highest BCUT2D eigenvalue weighted by Crippen LogP contribution is 2.41. The van der Waals surface area contributed by atoms with Gasteiger partial charge in [-0.2, -0.15) is 26.3 Å². The van der Waals surface area contributed by atoms with E-state index in [9.17, 15) is 39.6 Å². The summed E-state index contributed by atoms with van der Waals surface area (Å²) in [6.07, 6.45) is -10.9. The lowest BCUT2D eigenvalue weighted by molar-refractivity contribution is -0.189. The van der Waals surface area contributed by atoms with Crippen molar-refractivity contribution in [3.63, 3.8) is 0 Å². The molecule has 0 radical (unpaired) electrons. The molecule has 1 heterocycles. The van der Waals surface area contributed by atoms with Gasteiger partial charge in [-0.25, -0.2) is 8.42 Å². The topological polar surface area (TPSA) is 72.9 Å². The van der Waals surface area contributed by atoms with E-state index < -0.39 is 67.6 Å². The second kappa shape index (κ2) is 9.66. The summed E-state index contributed by atoms with van der Waals surface area (Å²) in [5.74, 6) is -2.34. The number of halogens is 7. The fourth-order valence-electron chi connectivity index (χ4n) is 3.63. The van der Waals surface area contributed by atoms with Gasteiger partial charge in [0.1, 0.15) is 16.2 Å². The quantitative estimate of drug-likeness (QED) is 0.447. The van der Waals surface area contributed by atoms with E-state index in [0.717, 1.165) is 44.6 Å².